The van der Waals surface area contributed by atoms with Crippen LogP contribution in [0.25, 0.3) is 0 Å². The van der Waals surface area contributed by atoms with Crippen LogP contribution in [0.1, 0.15) is 67.2 Å². The minimum absolute atomic E-state index is 0. The Hall–Kier alpha value is -1.64. The molecule has 148 valence electrons. The lowest BCUT2D eigenvalue weighted by Gasteiger charge is -2.55. The van der Waals surface area contributed by atoms with Crippen molar-refractivity contribution in [3.63, 3.8) is 0 Å². The fraction of sp³-hybridized carbons (Fsp3) is 0.652. The molecule has 0 aliphatic heterocycles. The van der Waals surface area contributed by atoms with Crippen molar-refractivity contribution >= 4 is 12.2 Å². The van der Waals surface area contributed by atoms with Crippen molar-refractivity contribution in [2.24, 2.45) is 23.2 Å². The van der Waals surface area contributed by atoms with Crippen LogP contribution in [0.2, 0.25) is 0 Å². The van der Waals surface area contributed by atoms with Gasteiger partial charge in [-0.1, -0.05) is 58.2 Å². The van der Waals surface area contributed by atoms with Crippen LogP contribution in [0.3, 0.4) is 0 Å². The summed E-state index contributed by atoms with van der Waals surface area (Å²) in [5, 5.41) is 2.29. The van der Waals surface area contributed by atoms with E-state index in [1.54, 1.807) is 38.5 Å². The quantitative estimate of drug-likeness (QED) is 0.707. The average Bonchev–Trinajstić information content (AvgIpc) is 2.53. The molecule has 4 bridgehead atoms. The lowest BCUT2D eigenvalue weighted by atomic mass is 9.50. The lowest BCUT2D eigenvalue weighted by Crippen LogP contribution is -2.44. The molecule has 0 saturated heterocycles. The van der Waals surface area contributed by atoms with Crippen LogP contribution in [0.15, 0.2) is 36.4 Å². The van der Waals surface area contributed by atoms with E-state index >= 15 is 0 Å². The molecule has 3 nitrogen and oxygen atoms in total. The molecule has 5 rings (SSSR count). The third kappa shape index (κ3) is 8.16. The van der Waals surface area contributed by atoms with E-state index in [4.69, 9.17) is 0 Å². The van der Waals surface area contributed by atoms with Gasteiger partial charge in [0.1, 0.15) is 6.29 Å². The Bertz CT molecular complexity index is 450. The van der Waals surface area contributed by atoms with Crippen LogP contribution >= 0.6 is 0 Å². The van der Waals surface area contributed by atoms with Gasteiger partial charge >= 0.3 is 0 Å². The second-order valence-electron chi connectivity index (χ2n) is 7.99. The monoisotopic (exact) mass is 361 g/mol. The Morgan fingerprint density at radius 2 is 1.27 bits per heavy atom. The lowest BCUT2D eigenvalue weighted by molar-refractivity contribution is -0.120. The highest BCUT2D eigenvalue weighted by atomic mass is 16.2. The molecule has 4 saturated carbocycles. The van der Waals surface area contributed by atoms with Crippen LogP contribution < -0.4 is 5.32 Å². The van der Waals surface area contributed by atoms with Gasteiger partial charge in [0, 0.05) is 6.92 Å². The summed E-state index contributed by atoms with van der Waals surface area (Å²) in [7, 11) is 0. The minimum Gasteiger partial charge on any atom is -0.350 e. The van der Waals surface area contributed by atoms with Crippen LogP contribution in [-0.2, 0) is 9.59 Å². The SMILES string of the molecule is C.C.CC(=O)NCC=O.CC12CC3CC(CC(C3)C1)C2.c1ccccc1. The van der Waals surface area contributed by atoms with Gasteiger partial charge in [-0.15, -0.1) is 0 Å². The summed E-state index contributed by atoms with van der Waals surface area (Å²) in [5.41, 5.74) is 0.800. The molecule has 0 spiro atoms. The summed E-state index contributed by atoms with van der Waals surface area (Å²) in [6, 6.07) is 12.0. The Morgan fingerprint density at radius 1 is 0.923 bits per heavy atom. The van der Waals surface area contributed by atoms with Crippen molar-refractivity contribution < 1.29 is 9.59 Å². The van der Waals surface area contributed by atoms with E-state index in [-0.39, 0.29) is 27.3 Å². The van der Waals surface area contributed by atoms with Crippen LogP contribution in [0, 0.1) is 23.2 Å². The van der Waals surface area contributed by atoms with Crippen LogP contribution in [-0.4, -0.2) is 18.7 Å². The van der Waals surface area contributed by atoms with Crippen molar-refractivity contribution in [3.8, 4) is 0 Å². The predicted octanol–water partition coefficient (Wildman–Crippen LogP) is 5.50. The van der Waals surface area contributed by atoms with E-state index in [9.17, 15) is 9.59 Å². The molecule has 0 atom stereocenters. The van der Waals surface area contributed by atoms with Gasteiger partial charge in [0.05, 0.1) is 6.54 Å². The molecule has 0 heterocycles. The highest BCUT2D eigenvalue weighted by Gasteiger charge is 2.48. The Labute approximate surface area is 161 Å². The fourth-order valence-corrected chi connectivity index (χ4v) is 5.11. The van der Waals surface area contributed by atoms with E-state index in [2.05, 4.69) is 12.2 Å². The maximum atomic E-state index is 9.93. The number of carbonyl (C=O) groups is 2. The number of benzene rings is 1. The minimum atomic E-state index is -0.174. The molecule has 4 aliphatic carbocycles. The van der Waals surface area contributed by atoms with Gasteiger partial charge in [-0.25, -0.2) is 0 Å². The second-order valence-corrected chi connectivity index (χ2v) is 7.99. The maximum absolute atomic E-state index is 9.93. The first kappa shape index (κ1) is 24.4. The molecule has 0 radical (unpaired) electrons. The summed E-state index contributed by atoms with van der Waals surface area (Å²) in [6.45, 7) is 4.02. The van der Waals surface area contributed by atoms with E-state index in [1.807, 2.05) is 36.4 Å². The first-order valence-electron chi connectivity index (χ1n) is 9.19. The smallest absolute Gasteiger partial charge is 0.217 e. The molecular weight excluding hydrogens is 322 g/mol. The average molecular weight is 362 g/mol. The molecule has 0 aromatic heterocycles. The Balaban J connectivity index is 0.000000371. The van der Waals surface area contributed by atoms with Crippen molar-refractivity contribution in [3.05, 3.63) is 36.4 Å². The number of hydrogen-bond donors (Lipinski definition) is 1. The summed E-state index contributed by atoms with van der Waals surface area (Å²) in [5.74, 6) is 3.26. The molecule has 1 N–H and O–H groups in total. The van der Waals surface area contributed by atoms with Gasteiger partial charge in [0.25, 0.3) is 0 Å². The van der Waals surface area contributed by atoms with Crippen molar-refractivity contribution in [2.75, 3.05) is 6.54 Å². The van der Waals surface area contributed by atoms with E-state index in [1.165, 1.54) is 6.92 Å². The van der Waals surface area contributed by atoms with Gasteiger partial charge in [-0.3, -0.25) is 4.79 Å². The number of rotatable bonds is 2. The van der Waals surface area contributed by atoms with Crippen molar-refractivity contribution in [2.45, 2.75) is 67.2 Å². The molecule has 4 aliphatic rings. The highest BCUT2D eigenvalue weighted by molar-refractivity contribution is 5.75. The third-order valence-electron chi connectivity index (χ3n) is 5.45. The van der Waals surface area contributed by atoms with E-state index < -0.39 is 0 Å². The molecule has 1 aromatic rings. The second kappa shape index (κ2) is 11.9. The standard InChI is InChI=1S/C11H18.C6H6.C4H7NO2.2CH4/c1-11-5-8-2-9(6-11)4-10(3-8)7-11;1-2-4-6-5-3-1;1-4(7)5-2-3-6;;/h8-10H,2-7H2,1H3;1-6H;3H,2H2,1H3,(H,5,7);2*1H4. The molecule has 26 heavy (non-hydrogen) atoms. The van der Waals surface area contributed by atoms with E-state index in [0.29, 0.717) is 6.29 Å². The van der Waals surface area contributed by atoms with Crippen LogP contribution in [0.5, 0.6) is 0 Å². The molecule has 4 fully saturated rings. The van der Waals surface area contributed by atoms with E-state index in [0.717, 1.165) is 23.2 Å². The highest BCUT2D eigenvalue weighted by Crippen LogP contribution is 2.59. The van der Waals surface area contributed by atoms with Gasteiger partial charge in [-0.2, -0.15) is 0 Å². The largest absolute Gasteiger partial charge is 0.350 e. The third-order valence-corrected chi connectivity index (χ3v) is 5.45. The summed E-state index contributed by atoms with van der Waals surface area (Å²) >= 11 is 0. The number of nitrogens with one attached hydrogen (secondary N) is 1. The zero-order valence-electron chi connectivity index (χ0n) is 15.0. The normalized spacial score (nSPS) is 29.4. The van der Waals surface area contributed by atoms with Crippen molar-refractivity contribution in [1.82, 2.24) is 5.32 Å². The Morgan fingerprint density at radius 3 is 1.46 bits per heavy atom. The first-order valence-corrected chi connectivity index (χ1v) is 9.19. The number of amides is 1. The number of carbonyl (C=O) groups excluding carboxylic acids is 2. The predicted molar refractivity (Wildman–Crippen MR) is 111 cm³/mol. The molecule has 3 heteroatoms. The summed E-state index contributed by atoms with van der Waals surface area (Å²) < 4.78 is 0. The van der Waals surface area contributed by atoms with Gasteiger partial charge in [0.2, 0.25) is 5.91 Å². The summed E-state index contributed by atoms with van der Waals surface area (Å²) in [4.78, 5) is 19.4. The zero-order valence-corrected chi connectivity index (χ0v) is 15.0. The zero-order chi connectivity index (χ0) is 17.4. The molecule has 1 aromatic carbocycles. The topological polar surface area (TPSA) is 46.2 Å². The Kier molecular flexibility index (Phi) is 11.1. The number of aldehydes is 1. The van der Waals surface area contributed by atoms with Gasteiger partial charge in [0.15, 0.2) is 0 Å². The van der Waals surface area contributed by atoms with Gasteiger partial charge < -0.3 is 10.1 Å². The molecule has 0 unspecified atom stereocenters. The maximum Gasteiger partial charge on any atom is 0.217 e. The van der Waals surface area contributed by atoms with Crippen molar-refractivity contribution in [1.29, 1.82) is 0 Å². The number of hydrogen-bond acceptors (Lipinski definition) is 2. The van der Waals surface area contributed by atoms with Crippen LogP contribution in [0.4, 0.5) is 0 Å². The van der Waals surface area contributed by atoms with Gasteiger partial charge in [-0.05, 0) is 61.7 Å². The fourth-order valence-electron chi connectivity index (χ4n) is 5.11. The first-order chi connectivity index (χ1) is 11.5. The molecule has 1 amide bonds. The summed E-state index contributed by atoms with van der Waals surface area (Å²) in [6.07, 6.45) is 10.1. The molecular formula is C23H39NO2.